The lowest BCUT2D eigenvalue weighted by molar-refractivity contribution is -0.139. The van der Waals surface area contributed by atoms with E-state index in [0.29, 0.717) is 19.4 Å². The van der Waals surface area contributed by atoms with Crippen molar-refractivity contribution in [3.8, 4) is 0 Å². The minimum Gasteiger partial charge on any atom is -0.399 e. The number of aliphatic hydroxyl groups is 1. The van der Waals surface area contributed by atoms with Gasteiger partial charge in [-0.3, -0.25) is 4.79 Å². The number of rotatable bonds is 6. The Balaban J connectivity index is 1.49. The van der Waals surface area contributed by atoms with Gasteiger partial charge in [-0.2, -0.15) is 0 Å². The van der Waals surface area contributed by atoms with E-state index in [1.54, 1.807) is 0 Å². The van der Waals surface area contributed by atoms with E-state index in [1.165, 1.54) is 0 Å². The minimum atomic E-state index is -0.854. The molecule has 0 aliphatic carbocycles. The third kappa shape index (κ3) is 5.21. The molecule has 0 saturated carbocycles. The first-order chi connectivity index (χ1) is 16.2. The highest BCUT2D eigenvalue weighted by molar-refractivity contribution is 6.62. The van der Waals surface area contributed by atoms with Crippen molar-refractivity contribution < 1.29 is 19.2 Å². The molecule has 2 heterocycles. The van der Waals surface area contributed by atoms with Gasteiger partial charge in [0.1, 0.15) is 0 Å². The second-order valence-corrected chi connectivity index (χ2v) is 12.1. The number of hydrogen-bond donors (Lipinski definition) is 1. The number of likely N-dealkylation sites (tertiary alicyclic amines) is 1. The molecule has 2 aliphatic heterocycles. The van der Waals surface area contributed by atoms with E-state index in [1.807, 2.05) is 49.1 Å². The first-order valence-corrected chi connectivity index (χ1v) is 12.8. The summed E-state index contributed by atoms with van der Waals surface area (Å²) in [5.41, 5.74) is 1.25. The van der Waals surface area contributed by atoms with Gasteiger partial charge in [-0.25, -0.2) is 0 Å². The summed E-state index contributed by atoms with van der Waals surface area (Å²) in [5.74, 6) is 0.131. The zero-order valence-electron chi connectivity index (χ0n) is 22.3. The molecule has 1 N–H and O–H groups in total. The summed E-state index contributed by atoms with van der Waals surface area (Å²) in [5, 5.41) is 10.7. The lowest BCUT2D eigenvalue weighted by Crippen LogP contribution is -2.49. The Morgan fingerprint density at radius 2 is 1.57 bits per heavy atom. The van der Waals surface area contributed by atoms with E-state index < -0.39 is 12.7 Å². The Kier molecular flexibility index (Phi) is 6.71. The third-order valence-electron chi connectivity index (χ3n) is 8.21. The highest BCUT2D eigenvalue weighted by Gasteiger charge is 2.51. The van der Waals surface area contributed by atoms with Crippen molar-refractivity contribution >= 4 is 18.5 Å². The second kappa shape index (κ2) is 9.06. The van der Waals surface area contributed by atoms with E-state index in [0.717, 1.165) is 23.0 Å². The van der Waals surface area contributed by atoms with Crippen LogP contribution in [0.4, 0.5) is 0 Å². The van der Waals surface area contributed by atoms with E-state index >= 15 is 0 Å². The third-order valence-corrected chi connectivity index (χ3v) is 8.21. The van der Waals surface area contributed by atoms with Crippen molar-refractivity contribution in [2.45, 2.75) is 96.0 Å². The second-order valence-electron chi connectivity index (χ2n) is 12.1. The van der Waals surface area contributed by atoms with E-state index in [2.05, 4.69) is 58.9 Å². The Morgan fingerprint density at radius 1 is 1.00 bits per heavy atom. The van der Waals surface area contributed by atoms with Crippen LogP contribution in [-0.4, -0.2) is 46.4 Å². The number of piperidine rings is 1. The van der Waals surface area contributed by atoms with Gasteiger partial charge in [0.2, 0.25) is 5.91 Å². The van der Waals surface area contributed by atoms with Crippen LogP contribution in [0.3, 0.4) is 0 Å². The van der Waals surface area contributed by atoms with E-state index in [9.17, 15) is 9.90 Å². The number of benzene rings is 2. The molecule has 0 spiro atoms. The number of amides is 1. The zero-order chi connectivity index (χ0) is 25.6. The van der Waals surface area contributed by atoms with Gasteiger partial charge in [0.25, 0.3) is 0 Å². The fourth-order valence-electron chi connectivity index (χ4n) is 5.56. The van der Waals surface area contributed by atoms with Crippen LogP contribution >= 0.6 is 0 Å². The first kappa shape index (κ1) is 25.9. The van der Waals surface area contributed by atoms with Crippen LogP contribution in [0.2, 0.25) is 0 Å². The normalized spacial score (nSPS) is 25.1. The molecule has 2 atom stereocenters. The fourth-order valence-corrected chi connectivity index (χ4v) is 5.56. The fraction of sp³-hybridized carbons (Fsp3) is 0.552. The van der Waals surface area contributed by atoms with Crippen LogP contribution in [0, 0.1) is 0 Å². The average Bonchev–Trinajstić information content (AvgIpc) is 3.00. The van der Waals surface area contributed by atoms with Crippen LogP contribution in [-0.2, 0) is 19.5 Å². The van der Waals surface area contributed by atoms with Crippen LogP contribution in [0.1, 0.15) is 84.9 Å². The van der Waals surface area contributed by atoms with Crippen LogP contribution < -0.4 is 5.46 Å². The van der Waals surface area contributed by atoms with Crippen molar-refractivity contribution in [1.82, 2.24) is 4.90 Å². The smallest absolute Gasteiger partial charge is 0.399 e. The Bertz CT molecular complexity index is 1030. The van der Waals surface area contributed by atoms with E-state index in [4.69, 9.17) is 9.31 Å². The minimum absolute atomic E-state index is 0.0363. The van der Waals surface area contributed by atoms with Crippen molar-refractivity contribution in [3.63, 3.8) is 0 Å². The molecular weight excluding hydrogens is 437 g/mol. The molecule has 0 unspecified atom stereocenters. The van der Waals surface area contributed by atoms with Gasteiger partial charge in [-0.15, -0.1) is 0 Å². The molecule has 2 fully saturated rings. The predicted molar refractivity (Wildman–Crippen MR) is 141 cm³/mol. The van der Waals surface area contributed by atoms with Crippen molar-refractivity contribution in [1.29, 1.82) is 0 Å². The maximum absolute atomic E-state index is 13.5. The standard InChI is InChI=1S/C29H40BNO4/c1-21(22-13-15-24(16-14-22)30-34-27(4,5)28(6,7)35-30)31-18-17-29(19-25(31)32,20-26(2,3)33)23-11-9-8-10-12-23/h8-16,21,33H,17-20H2,1-7H3/t21-,29-/m0/s1. The summed E-state index contributed by atoms with van der Waals surface area (Å²) >= 11 is 0. The molecular formula is C29H40BNO4. The van der Waals surface area contributed by atoms with Crippen LogP contribution in [0.25, 0.3) is 0 Å². The van der Waals surface area contributed by atoms with Crippen LogP contribution in [0.5, 0.6) is 0 Å². The summed E-state index contributed by atoms with van der Waals surface area (Å²) in [6.45, 7) is 14.6. The van der Waals surface area contributed by atoms with Gasteiger partial charge in [-0.05, 0) is 77.9 Å². The van der Waals surface area contributed by atoms with Crippen molar-refractivity contribution in [2.24, 2.45) is 0 Å². The first-order valence-electron chi connectivity index (χ1n) is 12.8. The highest BCUT2D eigenvalue weighted by atomic mass is 16.7. The molecule has 0 bridgehead atoms. The van der Waals surface area contributed by atoms with Crippen LogP contribution in [0.15, 0.2) is 54.6 Å². The molecule has 35 heavy (non-hydrogen) atoms. The van der Waals surface area contributed by atoms with Gasteiger partial charge >= 0.3 is 7.12 Å². The summed E-state index contributed by atoms with van der Waals surface area (Å²) < 4.78 is 12.4. The van der Waals surface area contributed by atoms with Gasteiger partial charge in [0.15, 0.2) is 0 Å². The van der Waals surface area contributed by atoms with Gasteiger partial charge < -0.3 is 19.3 Å². The lowest BCUT2D eigenvalue weighted by Gasteiger charge is -2.46. The lowest BCUT2D eigenvalue weighted by atomic mass is 9.66. The highest BCUT2D eigenvalue weighted by Crippen LogP contribution is 2.44. The molecule has 188 valence electrons. The summed E-state index contributed by atoms with van der Waals surface area (Å²) in [6.07, 6.45) is 1.78. The summed E-state index contributed by atoms with van der Waals surface area (Å²) in [6, 6.07) is 18.4. The molecule has 2 aliphatic rings. The molecule has 2 aromatic rings. The van der Waals surface area contributed by atoms with E-state index in [-0.39, 0.29) is 28.6 Å². The van der Waals surface area contributed by atoms with Gasteiger partial charge in [0.05, 0.1) is 22.8 Å². The molecule has 4 rings (SSSR count). The molecule has 1 amide bonds. The molecule has 0 aromatic heterocycles. The Hall–Kier alpha value is -2.15. The Labute approximate surface area is 211 Å². The quantitative estimate of drug-likeness (QED) is 0.610. The maximum atomic E-state index is 13.5. The Morgan fingerprint density at radius 3 is 2.09 bits per heavy atom. The molecule has 2 aromatic carbocycles. The van der Waals surface area contributed by atoms with Crippen molar-refractivity contribution in [2.75, 3.05) is 6.54 Å². The monoisotopic (exact) mass is 477 g/mol. The predicted octanol–water partition coefficient (Wildman–Crippen LogP) is 4.77. The largest absolute Gasteiger partial charge is 0.494 e. The topological polar surface area (TPSA) is 59.0 Å². The molecule has 6 heteroatoms. The molecule has 0 radical (unpaired) electrons. The van der Waals surface area contributed by atoms with Crippen molar-refractivity contribution in [3.05, 3.63) is 65.7 Å². The number of carbonyl (C=O) groups is 1. The molecule has 2 saturated heterocycles. The average molecular weight is 477 g/mol. The maximum Gasteiger partial charge on any atom is 0.494 e. The number of carbonyl (C=O) groups excluding carboxylic acids is 1. The van der Waals surface area contributed by atoms with Gasteiger partial charge in [-0.1, -0.05) is 54.6 Å². The number of nitrogens with zero attached hydrogens (tertiary/aromatic N) is 1. The summed E-state index contributed by atoms with van der Waals surface area (Å²) in [7, 11) is -0.394. The van der Waals surface area contributed by atoms with Gasteiger partial charge in [0, 0.05) is 18.4 Å². The number of hydrogen-bond acceptors (Lipinski definition) is 4. The zero-order valence-corrected chi connectivity index (χ0v) is 22.3. The SMILES string of the molecule is C[C@@H](c1ccc(B2OC(C)(C)C(C)(C)O2)cc1)N1CC[C@](CC(C)(C)O)(c2ccccc2)CC1=O. The summed E-state index contributed by atoms with van der Waals surface area (Å²) in [4.78, 5) is 15.5. The molecule has 5 nitrogen and oxygen atoms in total.